The molecule has 1 saturated heterocycles. The average Bonchev–Trinajstić information content (AvgIpc) is 3.36. The zero-order chi connectivity index (χ0) is 19.1. The summed E-state index contributed by atoms with van der Waals surface area (Å²) in [5.41, 5.74) is 3.16. The second-order valence-corrected chi connectivity index (χ2v) is 8.71. The van der Waals surface area contributed by atoms with E-state index in [1.54, 1.807) is 16.3 Å². The number of aryl methyl sites for hydroxylation is 1. The molecule has 6 nitrogen and oxygen atoms in total. The summed E-state index contributed by atoms with van der Waals surface area (Å²) in [6.45, 7) is 3.16. The fourth-order valence-electron chi connectivity index (χ4n) is 4.49. The zero-order valence-electron chi connectivity index (χ0n) is 15.8. The quantitative estimate of drug-likeness (QED) is 0.744. The third-order valence-electron chi connectivity index (χ3n) is 6.04. The Morgan fingerprint density at radius 3 is 2.68 bits per heavy atom. The van der Waals surface area contributed by atoms with E-state index in [4.69, 9.17) is 4.98 Å². The Morgan fingerprint density at radius 1 is 1.11 bits per heavy atom. The molecule has 0 radical (unpaired) electrons. The number of hydrogen-bond donors (Lipinski definition) is 0. The summed E-state index contributed by atoms with van der Waals surface area (Å²) in [6, 6.07) is 10.3. The lowest BCUT2D eigenvalue weighted by molar-refractivity contribution is -0.132. The number of fused-ring (bicyclic) bond motifs is 2. The number of rotatable bonds is 3. The van der Waals surface area contributed by atoms with Gasteiger partial charge in [-0.05, 0) is 31.4 Å². The second kappa shape index (κ2) is 7.28. The molecular weight excluding hydrogens is 372 g/mol. The predicted octanol–water partition coefficient (Wildman–Crippen LogP) is 2.12. The molecule has 1 fully saturated rings. The summed E-state index contributed by atoms with van der Waals surface area (Å²) in [5, 5.41) is 0.803. The third-order valence-corrected chi connectivity index (χ3v) is 7.13. The molecule has 5 rings (SSSR count). The van der Waals surface area contributed by atoms with Crippen LogP contribution in [0.2, 0.25) is 0 Å². The SMILES string of the molecule is O=C(CC1CSc2nc3c(c(=O)n21)CCC3)N1CCN(c2ccccc2)CC1. The molecule has 0 N–H and O–H groups in total. The lowest BCUT2D eigenvalue weighted by atomic mass is 10.1. The highest BCUT2D eigenvalue weighted by molar-refractivity contribution is 7.99. The minimum absolute atomic E-state index is 0.0643. The maximum Gasteiger partial charge on any atom is 0.257 e. The minimum Gasteiger partial charge on any atom is -0.368 e. The van der Waals surface area contributed by atoms with Crippen LogP contribution in [0, 0.1) is 0 Å². The summed E-state index contributed by atoms with van der Waals surface area (Å²) in [7, 11) is 0. The van der Waals surface area contributed by atoms with Crippen LogP contribution in [0.3, 0.4) is 0 Å². The second-order valence-electron chi connectivity index (χ2n) is 7.72. The van der Waals surface area contributed by atoms with Crippen LogP contribution >= 0.6 is 11.8 Å². The maximum absolute atomic E-state index is 12.9. The molecule has 1 aliphatic carbocycles. The maximum atomic E-state index is 12.9. The molecule has 0 spiro atoms. The monoisotopic (exact) mass is 396 g/mol. The number of benzene rings is 1. The molecule has 3 heterocycles. The number of nitrogens with zero attached hydrogens (tertiary/aromatic N) is 4. The van der Waals surface area contributed by atoms with Gasteiger partial charge < -0.3 is 9.80 Å². The van der Waals surface area contributed by atoms with E-state index in [2.05, 4.69) is 17.0 Å². The molecular formula is C21H24N4O2S. The topological polar surface area (TPSA) is 58.4 Å². The van der Waals surface area contributed by atoms with Crippen molar-refractivity contribution >= 4 is 23.4 Å². The van der Waals surface area contributed by atoms with Crippen molar-refractivity contribution in [2.75, 3.05) is 36.8 Å². The van der Waals surface area contributed by atoms with Gasteiger partial charge in [-0.3, -0.25) is 14.2 Å². The smallest absolute Gasteiger partial charge is 0.257 e. The summed E-state index contributed by atoms with van der Waals surface area (Å²) >= 11 is 1.62. The van der Waals surface area contributed by atoms with Crippen LogP contribution in [-0.4, -0.2) is 52.3 Å². The van der Waals surface area contributed by atoms with E-state index in [9.17, 15) is 9.59 Å². The molecule has 1 aromatic heterocycles. The predicted molar refractivity (Wildman–Crippen MR) is 110 cm³/mol. The van der Waals surface area contributed by atoms with E-state index >= 15 is 0 Å². The molecule has 146 valence electrons. The van der Waals surface area contributed by atoms with Gasteiger partial charge >= 0.3 is 0 Å². The molecule has 7 heteroatoms. The van der Waals surface area contributed by atoms with E-state index in [-0.39, 0.29) is 17.5 Å². The van der Waals surface area contributed by atoms with Crippen molar-refractivity contribution in [1.29, 1.82) is 0 Å². The Bertz CT molecular complexity index is 951. The Kier molecular flexibility index (Phi) is 4.62. The first kappa shape index (κ1) is 17.8. The van der Waals surface area contributed by atoms with E-state index < -0.39 is 0 Å². The molecule has 2 aromatic rings. The first-order chi connectivity index (χ1) is 13.7. The molecule has 28 heavy (non-hydrogen) atoms. The Morgan fingerprint density at radius 2 is 1.89 bits per heavy atom. The standard InChI is InChI=1S/C21H24N4O2S/c26-19(24-11-9-23(10-12-24)15-5-2-1-3-6-15)13-16-14-28-21-22-18-8-4-7-17(18)20(27)25(16)21/h1-3,5-6,16H,4,7-14H2. The zero-order valence-corrected chi connectivity index (χ0v) is 16.7. The highest BCUT2D eigenvalue weighted by Gasteiger charge is 2.32. The average molecular weight is 397 g/mol. The Labute approximate surface area is 168 Å². The summed E-state index contributed by atoms with van der Waals surface area (Å²) in [6.07, 6.45) is 3.15. The van der Waals surface area contributed by atoms with Gasteiger partial charge in [-0.25, -0.2) is 4.98 Å². The van der Waals surface area contributed by atoms with Crippen LogP contribution < -0.4 is 10.5 Å². The van der Waals surface area contributed by atoms with Crippen LogP contribution in [0.15, 0.2) is 40.3 Å². The van der Waals surface area contributed by atoms with Gasteiger partial charge in [0, 0.05) is 49.6 Å². The lowest BCUT2D eigenvalue weighted by Gasteiger charge is -2.36. The van der Waals surface area contributed by atoms with Gasteiger partial charge in [0.25, 0.3) is 5.56 Å². The van der Waals surface area contributed by atoms with Crippen LogP contribution in [0.25, 0.3) is 0 Å². The van der Waals surface area contributed by atoms with Gasteiger partial charge in [0.05, 0.1) is 11.7 Å². The fraction of sp³-hybridized carbons (Fsp3) is 0.476. The van der Waals surface area contributed by atoms with Crippen LogP contribution in [0.5, 0.6) is 0 Å². The van der Waals surface area contributed by atoms with Gasteiger partial charge in [0.1, 0.15) is 0 Å². The van der Waals surface area contributed by atoms with Gasteiger partial charge in [-0.1, -0.05) is 30.0 Å². The van der Waals surface area contributed by atoms with Crippen molar-refractivity contribution in [3.8, 4) is 0 Å². The Hall–Kier alpha value is -2.28. The van der Waals surface area contributed by atoms with Gasteiger partial charge in [-0.15, -0.1) is 0 Å². The molecule has 1 unspecified atom stereocenters. The third kappa shape index (κ3) is 3.11. The summed E-state index contributed by atoms with van der Waals surface area (Å²) in [5.74, 6) is 0.916. The summed E-state index contributed by atoms with van der Waals surface area (Å²) < 4.78 is 1.80. The van der Waals surface area contributed by atoms with Crippen molar-refractivity contribution in [1.82, 2.24) is 14.5 Å². The first-order valence-corrected chi connectivity index (χ1v) is 11.0. The molecule has 1 amide bonds. The number of aromatic nitrogens is 2. The van der Waals surface area contributed by atoms with E-state index in [1.165, 1.54) is 5.69 Å². The van der Waals surface area contributed by atoms with Gasteiger partial charge in [0.2, 0.25) is 5.91 Å². The van der Waals surface area contributed by atoms with E-state index in [1.807, 2.05) is 23.1 Å². The molecule has 0 bridgehead atoms. The van der Waals surface area contributed by atoms with Crippen molar-refractivity contribution in [3.63, 3.8) is 0 Å². The number of thioether (sulfide) groups is 1. The molecule has 1 aromatic carbocycles. The van der Waals surface area contributed by atoms with Crippen LogP contribution in [0.1, 0.15) is 30.1 Å². The van der Waals surface area contributed by atoms with Crippen LogP contribution in [0.4, 0.5) is 5.69 Å². The first-order valence-electron chi connectivity index (χ1n) is 10.1. The number of para-hydroxylation sites is 1. The largest absolute Gasteiger partial charge is 0.368 e. The fourth-order valence-corrected chi connectivity index (χ4v) is 5.64. The number of anilines is 1. The number of piperazine rings is 1. The lowest BCUT2D eigenvalue weighted by Crippen LogP contribution is -2.49. The highest BCUT2D eigenvalue weighted by Crippen LogP contribution is 2.34. The van der Waals surface area contributed by atoms with Crippen molar-refractivity contribution in [2.24, 2.45) is 0 Å². The minimum atomic E-state index is -0.0643. The molecule has 0 saturated carbocycles. The number of carbonyl (C=O) groups is 1. The number of hydrogen-bond acceptors (Lipinski definition) is 5. The van der Waals surface area contributed by atoms with Crippen molar-refractivity contribution in [2.45, 2.75) is 36.9 Å². The van der Waals surface area contributed by atoms with E-state index in [0.29, 0.717) is 6.42 Å². The molecule has 3 aliphatic rings. The summed E-state index contributed by atoms with van der Waals surface area (Å²) in [4.78, 5) is 34.8. The van der Waals surface area contributed by atoms with Crippen molar-refractivity contribution < 1.29 is 4.79 Å². The van der Waals surface area contributed by atoms with E-state index in [0.717, 1.165) is 67.6 Å². The van der Waals surface area contributed by atoms with Gasteiger partial charge in [-0.2, -0.15) is 0 Å². The van der Waals surface area contributed by atoms with Crippen LogP contribution in [-0.2, 0) is 17.6 Å². The Balaban J connectivity index is 1.25. The van der Waals surface area contributed by atoms with Gasteiger partial charge in [0.15, 0.2) is 5.16 Å². The number of carbonyl (C=O) groups excluding carboxylic acids is 1. The molecule has 2 aliphatic heterocycles. The number of amides is 1. The van der Waals surface area contributed by atoms with Crippen molar-refractivity contribution in [3.05, 3.63) is 51.9 Å². The highest BCUT2D eigenvalue weighted by atomic mass is 32.2. The molecule has 1 atom stereocenters. The normalized spacial score (nSPS) is 20.9.